The summed E-state index contributed by atoms with van der Waals surface area (Å²) < 4.78 is 0. The first kappa shape index (κ1) is 24.2. The van der Waals surface area contributed by atoms with Gasteiger partial charge in [-0.05, 0) is 50.7 Å². The molecule has 0 aliphatic heterocycles. The normalized spacial score (nSPS) is 11.5. The lowest BCUT2D eigenvalue weighted by Gasteiger charge is -2.17. The number of hydrogen-bond donors (Lipinski definition) is 1. The van der Waals surface area contributed by atoms with Crippen LogP contribution in [0.1, 0.15) is 5.56 Å². The summed E-state index contributed by atoms with van der Waals surface area (Å²) in [6.45, 7) is 11.5. The highest BCUT2D eigenvalue weighted by atomic mass is 32.2. The second kappa shape index (κ2) is 9.85. The lowest BCUT2D eigenvalue weighted by Crippen LogP contribution is -2.37. The predicted octanol–water partition coefficient (Wildman–Crippen LogP) is 9.06. The Labute approximate surface area is 219 Å². The van der Waals surface area contributed by atoms with E-state index in [0.29, 0.717) is 0 Å². The Morgan fingerprint density at radius 3 is 1.83 bits per heavy atom. The fourth-order valence-corrected chi connectivity index (χ4v) is 6.61. The van der Waals surface area contributed by atoms with Gasteiger partial charge in [0.05, 0.1) is 8.07 Å². The van der Waals surface area contributed by atoms with Gasteiger partial charge in [0, 0.05) is 15.5 Å². The van der Waals surface area contributed by atoms with Crippen molar-refractivity contribution in [1.82, 2.24) is 0 Å². The van der Waals surface area contributed by atoms with Crippen molar-refractivity contribution in [3.8, 4) is 22.3 Å². The highest BCUT2D eigenvalue weighted by Gasteiger charge is 2.16. The van der Waals surface area contributed by atoms with Crippen LogP contribution in [0, 0.1) is 0 Å². The van der Waals surface area contributed by atoms with Gasteiger partial charge in [0.1, 0.15) is 0 Å². The summed E-state index contributed by atoms with van der Waals surface area (Å²) in [7, 11) is -1.29. The van der Waals surface area contributed by atoms with Crippen molar-refractivity contribution in [3.05, 3.63) is 121 Å². The molecule has 0 spiro atoms. The molecule has 0 heterocycles. The highest BCUT2D eigenvalue weighted by molar-refractivity contribution is 8.08. The van der Waals surface area contributed by atoms with E-state index in [2.05, 4.69) is 111 Å². The van der Waals surface area contributed by atoms with Crippen LogP contribution in [0.2, 0.25) is 19.6 Å². The van der Waals surface area contributed by atoms with Gasteiger partial charge in [-0.15, -0.1) is 0 Å². The van der Waals surface area contributed by atoms with Gasteiger partial charge in [-0.1, -0.05) is 140 Å². The Morgan fingerprint density at radius 1 is 0.639 bits per heavy atom. The summed E-state index contributed by atoms with van der Waals surface area (Å²) in [6, 6.07) is 39.0. The number of thioether (sulfide) groups is 1. The summed E-state index contributed by atoms with van der Waals surface area (Å²) in [5.41, 5.74) is 13.0. The minimum absolute atomic E-state index is 0.778. The van der Waals surface area contributed by atoms with Crippen molar-refractivity contribution >= 4 is 46.4 Å². The van der Waals surface area contributed by atoms with Crippen molar-refractivity contribution < 1.29 is 0 Å². The van der Waals surface area contributed by atoms with Crippen molar-refractivity contribution in [3.63, 3.8) is 0 Å². The van der Waals surface area contributed by atoms with Crippen LogP contribution in [0.3, 0.4) is 0 Å². The minimum atomic E-state index is -1.29. The molecule has 0 saturated heterocycles. The molecule has 1 nitrogen and oxygen atoms in total. The topological polar surface area (TPSA) is 26.0 Å². The van der Waals surface area contributed by atoms with Crippen LogP contribution in [0.5, 0.6) is 0 Å². The van der Waals surface area contributed by atoms with Crippen LogP contribution in [-0.2, 0) is 0 Å². The van der Waals surface area contributed by atoms with Gasteiger partial charge < -0.3 is 5.73 Å². The first-order valence-corrected chi connectivity index (χ1v) is 16.6. The molecule has 3 heteroatoms. The Balaban J connectivity index is 1.47. The number of anilines is 1. The van der Waals surface area contributed by atoms with Gasteiger partial charge >= 0.3 is 0 Å². The summed E-state index contributed by atoms with van der Waals surface area (Å²) in [4.78, 5) is 2.02. The van der Waals surface area contributed by atoms with Gasteiger partial charge in [-0.2, -0.15) is 0 Å². The highest BCUT2D eigenvalue weighted by Crippen LogP contribution is 2.41. The molecule has 5 aromatic carbocycles. The Hall–Kier alpha value is -3.53. The van der Waals surface area contributed by atoms with Gasteiger partial charge in [0.2, 0.25) is 0 Å². The Bertz CT molecular complexity index is 1540. The maximum absolute atomic E-state index is 6.18. The SMILES string of the molecule is C=C(Sc1ccccc1N)c1ccc(-c2ccc(-c3ccc([Si](C)(C)C)cc3)cc2)c2ccccc12. The summed E-state index contributed by atoms with van der Waals surface area (Å²) >= 11 is 1.62. The van der Waals surface area contributed by atoms with E-state index >= 15 is 0 Å². The number of nitrogens with two attached hydrogens (primary N) is 1. The van der Waals surface area contributed by atoms with Gasteiger partial charge in [0.15, 0.2) is 0 Å². The summed E-state index contributed by atoms with van der Waals surface area (Å²) in [6.07, 6.45) is 0. The zero-order valence-corrected chi connectivity index (χ0v) is 22.9. The molecule has 178 valence electrons. The molecule has 0 aromatic heterocycles. The fourth-order valence-electron chi connectivity index (χ4n) is 4.56. The Kier molecular flexibility index (Phi) is 6.61. The molecule has 36 heavy (non-hydrogen) atoms. The molecule has 0 saturated carbocycles. The molecule has 0 aliphatic carbocycles. The largest absolute Gasteiger partial charge is 0.398 e. The van der Waals surface area contributed by atoms with Gasteiger partial charge in [-0.25, -0.2) is 0 Å². The molecule has 5 aromatic rings. The van der Waals surface area contributed by atoms with Crippen LogP contribution in [0.4, 0.5) is 5.69 Å². The van der Waals surface area contributed by atoms with E-state index in [1.54, 1.807) is 11.8 Å². The molecule has 2 N–H and O–H groups in total. The van der Waals surface area contributed by atoms with E-state index in [1.807, 2.05) is 24.3 Å². The van der Waals surface area contributed by atoms with E-state index < -0.39 is 8.07 Å². The van der Waals surface area contributed by atoms with Crippen molar-refractivity contribution in [1.29, 1.82) is 0 Å². The first-order chi connectivity index (χ1) is 17.3. The monoisotopic (exact) mass is 501 g/mol. The molecule has 0 atom stereocenters. The third-order valence-electron chi connectivity index (χ3n) is 6.66. The van der Waals surface area contributed by atoms with E-state index in [0.717, 1.165) is 21.1 Å². The number of nitrogen functional groups attached to an aromatic ring is 1. The average Bonchev–Trinajstić information content (AvgIpc) is 2.89. The molecule has 0 radical (unpaired) electrons. The number of para-hydroxylation sites is 1. The minimum Gasteiger partial charge on any atom is -0.398 e. The third-order valence-corrected chi connectivity index (χ3v) is 9.78. The number of hydrogen-bond acceptors (Lipinski definition) is 2. The molecule has 0 amide bonds. The van der Waals surface area contributed by atoms with Crippen molar-refractivity contribution in [2.75, 3.05) is 5.73 Å². The van der Waals surface area contributed by atoms with E-state index in [9.17, 15) is 0 Å². The molecule has 0 bridgehead atoms. The zero-order chi connectivity index (χ0) is 25.3. The summed E-state index contributed by atoms with van der Waals surface area (Å²) in [5.74, 6) is 0. The lowest BCUT2D eigenvalue weighted by atomic mass is 9.94. The molecule has 0 aliphatic rings. The summed E-state index contributed by atoms with van der Waals surface area (Å²) in [5, 5.41) is 3.92. The molecule has 0 fully saturated rings. The van der Waals surface area contributed by atoms with Crippen molar-refractivity contribution in [2.45, 2.75) is 24.5 Å². The average molecular weight is 502 g/mol. The fraction of sp³-hybridized carbons (Fsp3) is 0.0909. The van der Waals surface area contributed by atoms with E-state index in [-0.39, 0.29) is 0 Å². The molecule has 0 unspecified atom stereocenters. The van der Waals surface area contributed by atoms with Gasteiger partial charge in [-0.3, -0.25) is 0 Å². The predicted molar refractivity (Wildman–Crippen MR) is 164 cm³/mol. The lowest BCUT2D eigenvalue weighted by molar-refractivity contribution is 1.47. The van der Waals surface area contributed by atoms with E-state index in [1.165, 1.54) is 38.2 Å². The maximum atomic E-state index is 6.18. The number of benzene rings is 5. The standard InChI is InChI=1S/C33H31NSSi/c1-23(35-33-12-8-7-11-32(33)34)28-21-22-29(31-10-6-5-9-30(28)31)26-15-13-24(14-16-26)25-17-19-27(20-18-25)36(2,3)4/h5-22H,1,34H2,2-4H3. The maximum Gasteiger partial charge on any atom is 0.0775 e. The van der Waals surface area contributed by atoms with Crippen molar-refractivity contribution in [2.24, 2.45) is 0 Å². The van der Waals surface area contributed by atoms with Crippen LogP contribution in [0.15, 0.2) is 121 Å². The van der Waals surface area contributed by atoms with Crippen LogP contribution >= 0.6 is 11.8 Å². The second-order valence-electron chi connectivity index (χ2n) is 10.2. The van der Waals surface area contributed by atoms with E-state index in [4.69, 9.17) is 5.73 Å². The van der Waals surface area contributed by atoms with Crippen LogP contribution < -0.4 is 10.9 Å². The Morgan fingerprint density at radius 2 is 1.19 bits per heavy atom. The molecular formula is C33H31NSSi. The van der Waals surface area contributed by atoms with Crippen LogP contribution in [-0.4, -0.2) is 8.07 Å². The zero-order valence-electron chi connectivity index (χ0n) is 21.1. The molecular weight excluding hydrogens is 471 g/mol. The third kappa shape index (κ3) is 4.90. The smallest absolute Gasteiger partial charge is 0.0775 e. The second-order valence-corrected chi connectivity index (χ2v) is 16.4. The van der Waals surface area contributed by atoms with Gasteiger partial charge in [0.25, 0.3) is 0 Å². The molecule has 5 rings (SSSR count). The van der Waals surface area contributed by atoms with Crippen LogP contribution in [0.25, 0.3) is 37.9 Å². The first-order valence-electron chi connectivity index (χ1n) is 12.3. The number of rotatable bonds is 6. The number of fused-ring (bicyclic) bond motifs is 1. The quantitative estimate of drug-likeness (QED) is 0.143.